The van der Waals surface area contributed by atoms with Crippen LogP contribution in [0, 0.1) is 34.5 Å². The first-order valence-corrected chi connectivity index (χ1v) is 14.3. The van der Waals surface area contributed by atoms with Crippen molar-refractivity contribution in [1.29, 1.82) is 0 Å². The average molecular weight is 405 g/mol. The second kappa shape index (κ2) is 6.23. The zero-order valence-electron chi connectivity index (χ0n) is 19.8. The Hall–Kier alpha value is -1.03. The summed E-state index contributed by atoms with van der Waals surface area (Å²) in [6, 6.07) is 0. The van der Waals surface area contributed by atoms with Crippen LogP contribution in [-0.4, -0.2) is 19.9 Å². The fraction of sp³-hybridized carbons (Fsp3) is 0.792. The van der Waals surface area contributed by atoms with E-state index in [1.807, 2.05) is 20.8 Å². The van der Waals surface area contributed by atoms with E-state index in [0.29, 0.717) is 24.2 Å². The number of allylic oxidation sites excluding steroid dienone is 4. The summed E-state index contributed by atoms with van der Waals surface area (Å²) in [4.78, 5) is 12.7. The first kappa shape index (κ1) is 21.7. The number of fused-ring (bicyclic) bond motifs is 5. The Morgan fingerprint density at radius 2 is 1.64 bits per heavy atom. The second-order valence-corrected chi connectivity index (χ2v) is 16.2. The van der Waals surface area contributed by atoms with Gasteiger partial charge in [-0.2, -0.15) is 0 Å². The molecule has 0 heterocycles. The molecule has 1 saturated carbocycles. The van der Waals surface area contributed by atoms with E-state index in [2.05, 4.69) is 60.3 Å². The smallest absolute Gasteiger partial charge is 0.306 e. The molecule has 0 unspecified atom stereocenters. The molecule has 1 fully saturated rings. The number of rotatable bonds is 4. The predicted molar refractivity (Wildman–Crippen MR) is 117 cm³/mol. The number of hydrogen-bond donors (Lipinski definition) is 0. The summed E-state index contributed by atoms with van der Waals surface area (Å²) in [7, 11) is -1.74. The average Bonchev–Trinajstić information content (AvgIpc) is 2.96. The number of carbonyl (C=O) groups excluding carboxylic acids is 1. The number of hydrogen-bond acceptors (Lipinski definition) is 3. The van der Waals surface area contributed by atoms with Gasteiger partial charge in [0.1, 0.15) is 5.60 Å². The van der Waals surface area contributed by atoms with Gasteiger partial charge in [-0.05, 0) is 83.5 Å². The minimum Gasteiger partial charge on any atom is -0.547 e. The molecule has 3 nitrogen and oxygen atoms in total. The Labute approximate surface area is 173 Å². The van der Waals surface area contributed by atoms with E-state index >= 15 is 0 Å². The molecule has 0 aromatic carbocycles. The van der Waals surface area contributed by atoms with Crippen molar-refractivity contribution >= 4 is 14.3 Å². The van der Waals surface area contributed by atoms with E-state index in [9.17, 15) is 4.79 Å². The number of esters is 1. The van der Waals surface area contributed by atoms with Crippen LogP contribution in [0.25, 0.3) is 0 Å². The Balaban J connectivity index is 2.02. The van der Waals surface area contributed by atoms with Gasteiger partial charge in [0.25, 0.3) is 0 Å². The molecule has 158 valence electrons. The molecule has 0 saturated heterocycles. The zero-order chi connectivity index (χ0) is 21.4. The first-order chi connectivity index (χ1) is 12.5. The van der Waals surface area contributed by atoms with Gasteiger partial charge in [0.05, 0.1) is 12.2 Å². The fourth-order valence-corrected chi connectivity index (χ4v) is 7.54. The summed E-state index contributed by atoms with van der Waals surface area (Å²) in [6.45, 7) is 24.5. The van der Waals surface area contributed by atoms with Gasteiger partial charge in [-0.3, -0.25) is 4.79 Å². The van der Waals surface area contributed by atoms with Crippen molar-refractivity contribution in [3.8, 4) is 0 Å². The van der Waals surface area contributed by atoms with E-state index in [4.69, 9.17) is 9.16 Å². The van der Waals surface area contributed by atoms with E-state index < -0.39 is 13.9 Å². The van der Waals surface area contributed by atoms with Gasteiger partial charge in [0.15, 0.2) is 0 Å². The van der Waals surface area contributed by atoms with Crippen LogP contribution in [0.4, 0.5) is 0 Å². The summed E-state index contributed by atoms with van der Waals surface area (Å²) in [6.07, 6.45) is 2.74. The molecular formula is C24H40O3Si. The molecule has 0 N–H and O–H groups in total. The van der Waals surface area contributed by atoms with Gasteiger partial charge in [0.2, 0.25) is 8.32 Å². The third kappa shape index (κ3) is 3.02. The highest BCUT2D eigenvalue weighted by Crippen LogP contribution is 2.77. The van der Waals surface area contributed by atoms with Crippen molar-refractivity contribution < 1.29 is 14.0 Å². The van der Waals surface area contributed by atoms with Crippen molar-refractivity contribution in [2.45, 2.75) is 87.1 Å². The topological polar surface area (TPSA) is 35.5 Å². The minimum absolute atomic E-state index is 0.0933. The van der Waals surface area contributed by atoms with Crippen molar-refractivity contribution in [3.05, 3.63) is 23.0 Å². The molecule has 3 rings (SSSR count). The molecule has 3 aliphatic carbocycles. The van der Waals surface area contributed by atoms with Crippen LogP contribution < -0.4 is 0 Å². The molecule has 0 aromatic heterocycles. The molecule has 0 radical (unpaired) electrons. The van der Waals surface area contributed by atoms with Crippen LogP contribution in [0.3, 0.4) is 0 Å². The van der Waals surface area contributed by atoms with Crippen LogP contribution in [0.5, 0.6) is 0 Å². The van der Waals surface area contributed by atoms with Crippen LogP contribution in [-0.2, 0) is 14.0 Å². The third-order valence-electron chi connectivity index (χ3n) is 8.07. The lowest BCUT2D eigenvalue weighted by atomic mass is 9.63. The van der Waals surface area contributed by atoms with Crippen LogP contribution in [0.15, 0.2) is 23.0 Å². The second-order valence-electron chi connectivity index (χ2n) is 11.8. The molecular weight excluding hydrogens is 364 g/mol. The van der Waals surface area contributed by atoms with Gasteiger partial charge in [-0.1, -0.05) is 31.9 Å². The van der Waals surface area contributed by atoms with Crippen molar-refractivity contribution in [3.63, 3.8) is 0 Å². The van der Waals surface area contributed by atoms with E-state index in [0.717, 1.165) is 5.76 Å². The van der Waals surface area contributed by atoms with E-state index in [1.165, 1.54) is 11.1 Å². The van der Waals surface area contributed by atoms with Gasteiger partial charge in [0, 0.05) is 11.3 Å². The molecule has 0 aliphatic heterocycles. The standard InChI is InChI=1S/C24H40O3Si/c1-14-15(2)24(8)16(3)23(14,7)20-17(13-19(25)26-22(4,5)6)12-18(21(20)24)27-28(9,10)11/h12,16-17,20-21H,13H2,1-11H3/t16-,17-,20-,21+,23-,24-/m1/s1. The monoisotopic (exact) mass is 404 g/mol. The Kier molecular flexibility index (Phi) is 4.82. The van der Waals surface area contributed by atoms with E-state index in [-0.39, 0.29) is 22.7 Å². The minimum atomic E-state index is -1.74. The van der Waals surface area contributed by atoms with Gasteiger partial charge in [-0.15, -0.1) is 0 Å². The molecule has 0 amide bonds. The summed E-state index contributed by atoms with van der Waals surface area (Å²) < 4.78 is 12.3. The van der Waals surface area contributed by atoms with Crippen molar-refractivity contribution in [1.82, 2.24) is 0 Å². The lowest BCUT2D eigenvalue weighted by Crippen LogP contribution is -2.38. The fourth-order valence-electron chi connectivity index (χ4n) is 6.64. The van der Waals surface area contributed by atoms with Crippen LogP contribution in [0.1, 0.15) is 61.8 Å². The summed E-state index contributed by atoms with van der Waals surface area (Å²) >= 11 is 0. The summed E-state index contributed by atoms with van der Waals surface area (Å²) in [5.41, 5.74) is 2.84. The highest BCUT2D eigenvalue weighted by atomic mass is 28.4. The molecule has 0 spiro atoms. The molecule has 6 atom stereocenters. The molecule has 3 aliphatic rings. The summed E-state index contributed by atoms with van der Waals surface area (Å²) in [5, 5.41) is 0. The van der Waals surface area contributed by atoms with E-state index in [1.54, 1.807) is 0 Å². The Morgan fingerprint density at radius 3 is 2.14 bits per heavy atom. The molecule has 0 aromatic rings. The lowest BCUT2D eigenvalue weighted by Gasteiger charge is -2.42. The van der Waals surface area contributed by atoms with Gasteiger partial charge in [-0.25, -0.2) is 0 Å². The first-order valence-electron chi connectivity index (χ1n) is 10.8. The maximum absolute atomic E-state index is 12.7. The molecule has 2 bridgehead atoms. The zero-order valence-corrected chi connectivity index (χ0v) is 20.8. The highest BCUT2D eigenvalue weighted by Gasteiger charge is 2.71. The summed E-state index contributed by atoms with van der Waals surface area (Å²) in [5.74, 6) is 2.57. The lowest BCUT2D eigenvalue weighted by molar-refractivity contribution is -0.156. The van der Waals surface area contributed by atoms with Gasteiger partial charge >= 0.3 is 5.97 Å². The maximum atomic E-state index is 12.7. The maximum Gasteiger partial charge on any atom is 0.306 e. The number of carbonyl (C=O) groups is 1. The van der Waals surface area contributed by atoms with Crippen LogP contribution in [0.2, 0.25) is 19.6 Å². The van der Waals surface area contributed by atoms with Crippen LogP contribution >= 0.6 is 0 Å². The van der Waals surface area contributed by atoms with Gasteiger partial charge < -0.3 is 9.16 Å². The third-order valence-corrected chi connectivity index (χ3v) is 8.92. The SMILES string of the molecule is CC1=C(C)[C@]2(C)[C@H](C)[C@]1(C)[C@@H]1[C@@H](CC(=O)OC(C)(C)C)C=C(O[Si](C)(C)C)[C@@H]12. The Morgan fingerprint density at radius 1 is 1.11 bits per heavy atom. The van der Waals surface area contributed by atoms with Crippen molar-refractivity contribution in [2.24, 2.45) is 34.5 Å². The highest BCUT2D eigenvalue weighted by molar-refractivity contribution is 6.70. The van der Waals surface area contributed by atoms with Crippen molar-refractivity contribution in [2.75, 3.05) is 0 Å². The largest absolute Gasteiger partial charge is 0.547 e. The molecule has 28 heavy (non-hydrogen) atoms. The predicted octanol–water partition coefficient (Wildman–Crippen LogP) is 6.33. The quantitative estimate of drug-likeness (QED) is 0.312. The normalized spacial score (nSPS) is 39.9. The Bertz CT molecular complexity index is 751. The molecule has 4 heteroatoms. The number of ether oxygens (including phenoxy) is 1.